The predicted octanol–water partition coefficient (Wildman–Crippen LogP) is 3.26. The molecule has 0 spiro atoms. The van der Waals surface area contributed by atoms with E-state index >= 15 is 0 Å². The molecule has 17 nitrogen and oxygen atoms in total. The van der Waals surface area contributed by atoms with Crippen LogP contribution in [0.15, 0.2) is 54.6 Å². The Morgan fingerprint density at radius 2 is 0.944 bits per heavy atom. The number of carbonyl (C=O) groups is 9. The standard InChI is InChI=1S/C11H10N2O4.C11H9NO4.C9H3ClO4.C2H6ClN.C2H7N/c1-2-12-9(14)6-3-4-7-8(5-6)11(16)13(17)10(7)15;1-2-12-9(13)6-3-4-7-8(5-6)11(15)16-10(7)14;10-7(11)4-1-2-5-6(3-4)9(13)14-8(5)12;1-2-4-3;1-2-3/h3-5,17H,2H2,1H3,(H,12,14);3-5H,2H2,1H3,(H,12,13);1-3H;4H,2H2,1H3;2-3H2,1H3. The zero-order valence-electron chi connectivity index (χ0n) is 29.2. The van der Waals surface area contributed by atoms with E-state index in [1.54, 1.807) is 13.8 Å². The number of nitrogens with zero attached hydrogens (tertiary/aromatic N) is 1. The van der Waals surface area contributed by atoms with Gasteiger partial charge in [-0.2, -0.15) is 0 Å². The van der Waals surface area contributed by atoms with Crippen LogP contribution in [0.5, 0.6) is 0 Å². The molecule has 0 saturated heterocycles. The van der Waals surface area contributed by atoms with Gasteiger partial charge in [0, 0.05) is 36.3 Å². The topological polar surface area (TPSA) is 258 Å². The lowest BCUT2D eigenvalue weighted by Crippen LogP contribution is -2.25. The van der Waals surface area contributed by atoms with Gasteiger partial charge in [-0.3, -0.25) is 29.2 Å². The maximum Gasteiger partial charge on any atom is 0.346 e. The van der Waals surface area contributed by atoms with Crippen molar-refractivity contribution < 1.29 is 57.8 Å². The highest BCUT2D eigenvalue weighted by Crippen LogP contribution is 2.24. The predicted molar refractivity (Wildman–Crippen MR) is 192 cm³/mol. The average Bonchev–Trinajstić information content (AvgIpc) is 3.70. The van der Waals surface area contributed by atoms with Crippen LogP contribution in [-0.4, -0.2) is 89.2 Å². The van der Waals surface area contributed by atoms with E-state index in [2.05, 4.69) is 24.9 Å². The second-order valence-corrected chi connectivity index (χ2v) is 11.1. The molecule has 0 unspecified atom stereocenters. The Morgan fingerprint density at radius 1 is 0.611 bits per heavy atom. The third kappa shape index (κ3) is 11.1. The molecule has 4 amide bonds. The summed E-state index contributed by atoms with van der Waals surface area (Å²) < 4.78 is 8.75. The maximum absolute atomic E-state index is 11.5. The Kier molecular flexibility index (Phi) is 17.2. The van der Waals surface area contributed by atoms with Crippen LogP contribution in [0.3, 0.4) is 0 Å². The van der Waals surface area contributed by atoms with E-state index in [9.17, 15) is 43.2 Å². The zero-order valence-corrected chi connectivity index (χ0v) is 30.8. The molecule has 54 heavy (non-hydrogen) atoms. The first-order valence-corrected chi connectivity index (χ1v) is 16.7. The van der Waals surface area contributed by atoms with Gasteiger partial charge in [0.2, 0.25) is 0 Å². The van der Waals surface area contributed by atoms with Gasteiger partial charge in [0.1, 0.15) is 0 Å². The zero-order chi connectivity index (χ0) is 40.7. The Labute approximate surface area is 318 Å². The molecule has 3 aliphatic heterocycles. The van der Waals surface area contributed by atoms with E-state index in [0.717, 1.165) is 13.1 Å². The molecule has 6 rings (SSSR count). The minimum atomic E-state index is -0.809. The van der Waals surface area contributed by atoms with Crippen molar-refractivity contribution in [3.63, 3.8) is 0 Å². The molecule has 3 aromatic rings. The highest BCUT2D eigenvalue weighted by Gasteiger charge is 2.35. The molecule has 0 radical (unpaired) electrons. The third-order valence-corrected chi connectivity index (χ3v) is 7.20. The Balaban J connectivity index is 0.000000258. The van der Waals surface area contributed by atoms with E-state index < -0.39 is 40.9 Å². The van der Waals surface area contributed by atoms with Gasteiger partial charge >= 0.3 is 23.9 Å². The Bertz CT molecular complexity index is 1980. The van der Waals surface area contributed by atoms with Crippen LogP contribution >= 0.6 is 23.4 Å². The average molecular weight is 789 g/mol. The van der Waals surface area contributed by atoms with Crippen molar-refractivity contribution in [1.29, 1.82) is 0 Å². The number of imide groups is 1. The highest BCUT2D eigenvalue weighted by molar-refractivity contribution is 6.67. The van der Waals surface area contributed by atoms with Gasteiger partial charge in [-0.25, -0.2) is 24.0 Å². The van der Waals surface area contributed by atoms with Gasteiger partial charge in [0.25, 0.3) is 28.9 Å². The molecule has 0 aliphatic carbocycles. The normalized spacial score (nSPS) is 12.8. The number of hydrogen-bond acceptors (Lipinski definition) is 14. The summed E-state index contributed by atoms with van der Waals surface area (Å²) in [5.74, 6) is -5.00. The second-order valence-electron chi connectivity index (χ2n) is 10.4. The van der Waals surface area contributed by atoms with E-state index in [-0.39, 0.29) is 61.4 Å². The summed E-state index contributed by atoms with van der Waals surface area (Å²) in [6.45, 7) is 9.96. The summed E-state index contributed by atoms with van der Waals surface area (Å²) >= 11 is 10.1. The minimum absolute atomic E-state index is 0.0428. The van der Waals surface area contributed by atoms with Crippen LogP contribution in [0, 0.1) is 0 Å². The summed E-state index contributed by atoms with van der Waals surface area (Å²) in [6.07, 6.45) is 0. The van der Waals surface area contributed by atoms with E-state index in [0.29, 0.717) is 18.7 Å². The number of ether oxygens (including phenoxy) is 2. The van der Waals surface area contributed by atoms with E-state index in [4.69, 9.17) is 34.3 Å². The number of carbonyl (C=O) groups excluding carboxylic acids is 9. The molecular formula is C35H35Cl2N5O12. The molecule has 0 atom stereocenters. The lowest BCUT2D eigenvalue weighted by Gasteiger charge is -2.02. The largest absolute Gasteiger partial charge is 0.386 e. The number of esters is 4. The van der Waals surface area contributed by atoms with Crippen LogP contribution < -0.4 is 21.2 Å². The van der Waals surface area contributed by atoms with E-state index in [1.165, 1.54) is 54.6 Å². The number of rotatable bonds is 6. The van der Waals surface area contributed by atoms with Crippen LogP contribution in [-0.2, 0) is 9.47 Å². The van der Waals surface area contributed by atoms with Gasteiger partial charge in [0.05, 0.1) is 33.4 Å². The highest BCUT2D eigenvalue weighted by atomic mass is 35.5. The summed E-state index contributed by atoms with van der Waals surface area (Å²) in [5, 5.41) is 13.7. The second kappa shape index (κ2) is 21.0. The summed E-state index contributed by atoms with van der Waals surface area (Å²) in [6, 6.07) is 12.3. The SMILES string of the molecule is CCN.CCNC(=O)c1ccc2c(c1)C(=O)N(O)C2=O.CCNC(=O)c1ccc2c(c1)C(=O)OC2=O.CCNCl.O=C(Cl)c1ccc2c(c1)C(=O)OC2=O. The number of nitrogens with one attached hydrogen (secondary N) is 3. The molecule has 6 N–H and O–H groups in total. The van der Waals surface area contributed by atoms with Crippen molar-refractivity contribution in [2.24, 2.45) is 5.73 Å². The number of nitrogens with two attached hydrogens (primary N) is 1. The fourth-order valence-corrected chi connectivity index (χ4v) is 4.45. The molecule has 0 fully saturated rings. The van der Waals surface area contributed by atoms with Crippen molar-refractivity contribution in [3.8, 4) is 0 Å². The Morgan fingerprint density at radius 3 is 1.33 bits per heavy atom. The molecule has 3 heterocycles. The number of halogens is 2. The molecular weight excluding hydrogens is 753 g/mol. The fourth-order valence-electron chi connectivity index (χ4n) is 4.33. The quantitative estimate of drug-likeness (QED) is 0.0600. The molecule has 3 aliphatic rings. The molecule has 0 aromatic heterocycles. The summed E-state index contributed by atoms with van der Waals surface area (Å²) in [5.41, 5.74) is 6.38. The minimum Gasteiger partial charge on any atom is -0.386 e. The van der Waals surface area contributed by atoms with Gasteiger partial charge in [0.15, 0.2) is 0 Å². The molecule has 3 aromatic carbocycles. The Hall–Kier alpha value is -5.85. The lowest BCUT2D eigenvalue weighted by molar-refractivity contribution is -0.0327. The number of cyclic esters (lactones) is 4. The molecule has 0 bridgehead atoms. The van der Waals surface area contributed by atoms with Crippen LogP contribution in [0.1, 0.15) is 121 Å². The van der Waals surface area contributed by atoms with Crippen LogP contribution in [0.2, 0.25) is 0 Å². The first-order valence-electron chi connectivity index (χ1n) is 15.9. The van der Waals surface area contributed by atoms with Crippen LogP contribution in [0.25, 0.3) is 0 Å². The van der Waals surface area contributed by atoms with Crippen molar-refractivity contribution >= 4 is 76.1 Å². The van der Waals surface area contributed by atoms with Crippen molar-refractivity contribution in [2.75, 3.05) is 26.2 Å². The number of benzene rings is 3. The molecule has 19 heteroatoms. The first-order chi connectivity index (χ1) is 25.6. The third-order valence-electron chi connectivity index (χ3n) is 6.71. The maximum atomic E-state index is 11.5. The number of hydrogen-bond donors (Lipinski definition) is 5. The van der Waals surface area contributed by atoms with Gasteiger partial charge in [-0.05, 0) is 98.4 Å². The number of hydroxylamine groups is 2. The lowest BCUT2D eigenvalue weighted by atomic mass is 10.1. The monoisotopic (exact) mass is 787 g/mol. The molecule has 0 saturated carbocycles. The smallest absolute Gasteiger partial charge is 0.346 e. The van der Waals surface area contributed by atoms with Crippen molar-refractivity contribution in [3.05, 3.63) is 105 Å². The van der Waals surface area contributed by atoms with Gasteiger partial charge in [-0.15, -0.1) is 5.06 Å². The first kappa shape index (κ1) is 44.3. The molecule has 286 valence electrons. The van der Waals surface area contributed by atoms with Gasteiger partial charge in [-0.1, -0.05) is 13.8 Å². The van der Waals surface area contributed by atoms with E-state index in [1.807, 2.05) is 13.8 Å². The number of amides is 4. The van der Waals surface area contributed by atoms with Crippen molar-refractivity contribution in [1.82, 2.24) is 20.5 Å². The van der Waals surface area contributed by atoms with Crippen LogP contribution in [0.4, 0.5) is 0 Å². The van der Waals surface area contributed by atoms with Gasteiger partial charge < -0.3 is 25.8 Å². The fraction of sp³-hybridized carbons (Fsp3) is 0.229. The number of fused-ring (bicyclic) bond motifs is 3. The van der Waals surface area contributed by atoms with Crippen molar-refractivity contribution in [2.45, 2.75) is 27.7 Å². The summed E-state index contributed by atoms with van der Waals surface area (Å²) in [7, 11) is 0. The summed E-state index contributed by atoms with van der Waals surface area (Å²) in [4.78, 5) is 103.